The van der Waals surface area contributed by atoms with Gasteiger partial charge >= 0.3 is 0 Å². The second-order valence-electron chi connectivity index (χ2n) is 8.42. The first-order chi connectivity index (χ1) is 18.5. The van der Waals surface area contributed by atoms with Gasteiger partial charge in [0.15, 0.2) is 23.1 Å². The molecule has 0 fully saturated rings. The molecule has 1 atom stereocenters. The topological polar surface area (TPSA) is 82.1 Å². The van der Waals surface area contributed by atoms with E-state index in [4.69, 9.17) is 14.2 Å². The predicted octanol–water partition coefficient (Wildman–Crippen LogP) is 5.79. The van der Waals surface area contributed by atoms with Gasteiger partial charge < -0.3 is 19.3 Å². The van der Waals surface area contributed by atoms with Gasteiger partial charge in [-0.25, -0.2) is 0 Å². The van der Waals surface area contributed by atoms with Gasteiger partial charge in [0.05, 0.1) is 33.9 Å². The molecule has 0 amide bonds. The number of rotatable bonds is 13. The Labute approximate surface area is 223 Å². The van der Waals surface area contributed by atoms with E-state index < -0.39 is 5.92 Å². The second kappa shape index (κ2) is 14.4. The Morgan fingerprint density at radius 2 is 1.29 bits per heavy atom. The highest BCUT2D eigenvalue weighted by Gasteiger charge is 2.21. The highest BCUT2D eigenvalue weighted by molar-refractivity contribution is 6.13. The molecule has 0 saturated carbocycles. The van der Waals surface area contributed by atoms with Gasteiger partial charge in [-0.15, -0.1) is 0 Å². The summed E-state index contributed by atoms with van der Waals surface area (Å²) in [6.45, 7) is -0.189. The molecule has 3 aromatic carbocycles. The summed E-state index contributed by atoms with van der Waals surface area (Å²) in [5.41, 5.74) is 3.05. The SMILES string of the molecule is COc1ccc(C=CC(=O)C(CC=Cc2ccccc2)C(=O)C=Cc2ccc(OC)c(OC)c2)cc1CO. The maximum atomic E-state index is 13.2. The average Bonchev–Trinajstić information content (AvgIpc) is 2.96. The Morgan fingerprint density at radius 3 is 1.87 bits per heavy atom. The Bertz CT molecular complexity index is 1240. The number of ether oxygens (including phenoxy) is 3. The molecule has 0 bridgehead atoms. The molecule has 0 heterocycles. The van der Waals surface area contributed by atoms with Gasteiger partial charge in [0, 0.05) is 5.56 Å². The Balaban J connectivity index is 1.82. The van der Waals surface area contributed by atoms with Crippen LogP contribution in [0.15, 0.2) is 85.0 Å². The number of methoxy groups -OCH3 is 3. The molecular weight excluding hydrogens is 480 g/mol. The second-order valence-corrected chi connectivity index (χ2v) is 8.42. The van der Waals surface area contributed by atoms with E-state index in [9.17, 15) is 14.7 Å². The molecule has 0 aromatic heterocycles. The van der Waals surface area contributed by atoms with E-state index in [2.05, 4.69) is 0 Å². The summed E-state index contributed by atoms with van der Waals surface area (Å²) in [6.07, 6.45) is 10.1. The molecule has 1 N–H and O–H groups in total. The number of carbonyl (C=O) groups excluding carboxylic acids is 2. The van der Waals surface area contributed by atoms with Gasteiger partial charge in [-0.1, -0.05) is 66.8 Å². The molecule has 0 aliphatic carbocycles. The minimum atomic E-state index is -0.891. The zero-order chi connectivity index (χ0) is 27.3. The molecule has 0 aliphatic rings. The van der Waals surface area contributed by atoms with Crippen LogP contribution in [-0.2, 0) is 16.2 Å². The van der Waals surface area contributed by atoms with Crippen molar-refractivity contribution in [3.63, 3.8) is 0 Å². The monoisotopic (exact) mass is 512 g/mol. The summed E-state index contributed by atoms with van der Waals surface area (Å²) in [5, 5.41) is 9.57. The fourth-order valence-corrected chi connectivity index (χ4v) is 3.85. The minimum absolute atomic E-state index is 0.189. The molecule has 3 aromatic rings. The molecule has 38 heavy (non-hydrogen) atoms. The number of ketones is 2. The van der Waals surface area contributed by atoms with E-state index >= 15 is 0 Å². The third kappa shape index (κ3) is 7.79. The first-order valence-corrected chi connectivity index (χ1v) is 12.1. The number of hydrogen-bond donors (Lipinski definition) is 1. The van der Waals surface area contributed by atoms with Crippen molar-refractivity contribution >= 4 is 29.8 Å². The van der Waals surface area contributed by atoms with Crippen molar-refractivity contribution in [1.82, 2.24) is 0 Å². The van der Waals surface area contributed by atoms with Crippen LogP contribution in [0.1, 0.15) is 28.7 Å². The lowest BCUT2D eigenvalue weighted by Crippen LogP contribution is -2.20. The molecule has 6 nitrogen and oxygen atoms in total. The molecular formula is C32H32O6. The molecule has 0 spiro atoms. The number of aliphatic hydroxyl groups excluding tert-OH is 1. The van der Waals surface area contributed by atoms with Gasteiger partial charge in [-0.3, -0.25) is 9.59 Å². The maximum Gasteiger partial charge on any atom is 0.166 e. The van der Waals surface area contributed by atoms with E-state index in [-0.39, 0.29) is 24.6 Å². The first kappa shape index (κ1) is 28.2. The van der Waals surface area contributed by atoms with E-state index in [1.807, 2.05) is 42.5 Å². The zero-order valence-electron chi connectivity index (χ0n) is 21.8. The third-order valence-electron chi connectivity index (χ3n) is 5.93. The first-order valence-electron chi connectivity index (χ1n) is 12.1. The van der Waals surface area contributed by atoms with Gasteiger partial charge in [0.2, 0.25) is 0 Å². The van der Waals surface area contributed by atoms with Crippen LogP contribution in [0.5, 0.6) is 17.2 Å². The van der Waals surface area contributed by atoms with Gasteiger partial charge in [0.25, 0.3) is 0 Å². The highest BCUT2D eigenvalue weighted by Crippen LogP contribution is 2.28. The lowest BCUT2D eigenvalue weighted by Gasteiger charge is -2.10. The quantitative estimate of drug-likeness (QED) is 0.231. The number of benzene rings is 3. The Hall–Kier alpha value is -4.42. The van der Waals surface area contributed by atoms with Crippen LogP contribution in [0.3, 0.4) is 0 Å². The molecule has 0 saturated heterocycles. The molecule has 6 heteroatoms. The van der Waals surface area contributed by atoms with Crippen LogP contribution in [0.2, 0.25) is 0 Å². The lowest BCUT2D eigenvalue weighted by molar-refractivity contribution is -0.127. The van der Waals surface area contributed by atoms with E-state index in [1.165, 1.54) is 19.3 Å². The average molecular weight is 513 g/mol. The van der Waals surface area contributed by atoms with Gasteiger partial charge in [0.1, 0.15) is 5.75 Å². The van der Waals surface area contributed by atoms with E-state index in [0.717, 1.165) is 16.7 Å². The number of hydrogen-bond acceptors (Lipinski definition) is 6. The van der Waals surface area contributed by atoms with Crippen LogP contribution in [0, 0.1) is 5.92 Å². The summed E-state index contributed by atoms with van der Waals surface area (Å²) in [5.74, 6) is 0.186. The van der Waals surface area contributed by atoms with Crippen LogP contribution in [0.4, 0.5) is 0 Å². The molecule has 0 aliphatic heterocycles. The molecule has 196 valence electrons. The Morgan fingerprint density at radius 1 is 0.711 bits per heavy atom. The molecule has 1 unspecified atom stereocenters. The van der Waals surface area contributed by atoms with Gasteiger partial charge in [-0.2, -0.15) is 0 Å². The van der Waals surface area contributed by atoms with E-state index in [0.29, 0.717) is 22.8 Å². The third-order valence-corrected chi connectivity index (χ3v) is 5.93. The van der Waals surface area contributed by atoms with Crippen molar-refractivity contribution in [2.24, 2.45) is 5.92 Å². The summed E-state index contributed by atoms with van der Waals surface area (Å²) >= 11 is 0. The van der Waals surface area contributed by atoms with Crippen LogP contribution < -0.4 is 14.2 Å². The fraction of sp³-hybridized carbons (Fsp3) is 0.188. The fourth-order valence-electron chi connectivity index (χ4n) is 3.85. The summed E-state index contributed by atoms with van der Waals surface area (Å²) in [7, 11) is 4.63. The minimum Gasteiger partial charge on any atom is -0.496 e. The van der Waals surface area contributed by atoms with Crippen LogP contribution >= 0.6 is 0 Å². The van der Waals surface area contributed by atoms with Crippen molar-refractivity contribution in [1.29, 1.82) is 0 Å². The highest BCUT2D eigenvalue weighted by atomic mass is 16.5. The van der Waals surface area contributed by atoms with E-state index in [1.54, 1.807) is 62.8 Å². The number of allylic oxidation sites excluding steroid dienone is 3. The smallest absolute Gasteiger partial charge is 0.166 e. The standard InChI is InChI=1S/C32H32O6/c1-36-30-18-14-24(20-26(30)22-33)12-16-28(34)27(11-7-10-23-8-5-4-6-9-23)29(35)17-13-25-15-19-31(37-2)32(21-25)38-3/h4-10,12-21,27,33H,11,22H2,1-3H3. The summed E-state index contributed by atoms with van der Waals surface area (Å²) < 4.78 is 15.8. The molecule has 3 rings (SSSR count). The molecule has 0 radical (unpaired) electrons. The number of carbonyl (C=O) groups is 2. The lowest BCUT2D eigenvalue weighted by atomic mass is 9.93. The Kier molecular flexibility index (Phi) is 10.6. The van der Waals surface area contributed by atoms with Crippen LogP contribution in [0.25, 0.3) is 18.2 Å². The largest absolute Gasteiger partial charge is 0.496 e. The van der Waals surface area contributed by atoms with Crippen molar-refractivity contribution < 1.29 is 28.9 Å². The van der Waals surface area contributed by atoms with Crippen LogP contribution in [-0.4, -0.2) is 38.0 Å². The van der Waals surface area contributed by atoms with Crippen molar-refractivity contribution in [3.8, 4) is 17.2 Å². The van der Waals surface area contributed by atoms with Crippen molar-refractivity contribution in [3.05, 3.63) is 107 Å². The maximum absolute atomic E-state index is 13.2. The van der Waals surface area contributed by atoms with Crippen molar-refractivity contribution in [2.45, 2.75) is 13.0 Å². The zero-order valence-corrected chi connectivity index (χ0v) is 21.8. The number of aliphatic hydroxyl groups is 1. The van der Waals surface area contributed by atoms with Crippen molar-refractivity contribution in [2.75, 3.05) is 21.3 Å². The van der Waals surface area contributed by atoms with Gasteiger partial charge in [-0.05, 0) is 59.5 Å². The normalized spacial score (nSPS) is 12.2. The summed E-state index contributed by atoms with van der Waals surface area (Å²) in [6, 6.07) is 20.3. The predicted molar refractivity (Wildman–Crippen MR) is 150 cm³/mol. The summed E-state index contributed by atoms with van der Waals surface area (Å²) in [4.78, 5) is 26.4.